The number of ether oxygens (including phenoxy) is 3. The van der Waals surface area contributed by atoms with E-state index in [1.165, 1.54) is 32.2 Å². The van der Waals surface area contributed by atoms with Gasteiger partial charge in [-0.2, -0.15) is 5.10 Å². The van der Waals surface area contributed by atoms with Crippen LogP contribution in [-0.4, -0.2) is 59.1 Å². The van der Waals surface area contributed by atoms with Gasteiger partial charge >= 0.3 is 0 Å². The van der Waals surface area contributed by atoms with Crippen LogP contribution in [0.5, 0.6) is 23.0 Å². The summed E-state index contributed by atoms with van der Waals surface area (Å²) in [6, 6.07) is 10.7. The largest absolute Gasteiger partial charge is 0.502 e. The number of phenolic OH excluding ortho intramolecular Hbond substituents is 1. The molecule has 3 rings (SSSR count). The number of nitrogens with zero attached hydrogens (tertiary/aromatic N) is 4. The van der Waals surface area contributed by atoms with Crippen molar-refractivity contribution in [2.45, 2.75) is 18.6 Å². The molecule has 11 heteroatoms. The zero-order valence-corrected chi connectivity index (χ0v) is 19.5. The van der Waals surface area contributed by atoms with Crippen molar-refractivity contribution in [1.29, 1.82) is 0 Å². The standard InChI is InChI=1S/C22H25N5O5S/c1-5-27-21(15-6-8-16(30-2)9-7-15)25-26-22(27)33-13-19(28)24-23-12-14-10-17(31-3)20(29)18(11-14)32-4/h6-12,29H,5,13H2,1-4H3,(H,24,28)/b23-12-. The minimum absolute atomic E-state index is 0.105. The highest BCUT2D eigenvalue weighted by molar-refractivity contribution is 7.99. The number of aromatic nitrogens is 3. The van der Waals surface area contributed by atoms with E-state index in [-0.39, 0.29) is 28.9 Å². The second kappa shape index (κ2) is 11.2. The van der Waals surface area contributed by atoms with Crippen LogP contribution in [0.4, 0.5) is 0 Å². The molecule has 1 amide bonds. The molecule has 3 aromatic rings. The lowest BCUT2D eigenvalue weighted by molar-refractivity contribution is -0.118. The highest BCUT2D eigenvalue weighted by atomic mass is 32.2. The lowest BCUT2D eigenvalue weighted by atomic mass is 10.2. The molecule has 0 aliphatic carbocycles. The second-order valence-corrected chi connectivity index (χ2v) is 7.58. The molecule has 1 heterocycles. The van der Waals surface area contributed by atoms with Crippen LogP contribution >= 0.6 is 11.8 Å². The van der Waals surface area contributed by atoms with E-state index in [9.17, 15) is 9.90 Å². The van der Waals surface area contributed by atoms with Gasteiger partial charge in [0, 0.05) is 17.7 Å². The molecule has 0 unspecified atom stereocenters. The Morgan fingerprint density at radius 2 is 1.79 bits per heavy atom. The summed E-state index contributed by atoms with van der Waals surface area (Å²) in [4.78, 5) is 12.2. The summed E-state index contributed by atoms with van der Waals surface area (Å²) in [5.74, 6) is 1.67. The molecule has 174 valence electrons. The number of aromatic hydroxyl groups is 1. The molecule has 0 saturated heterocycles. The van der Waals surface area contributed by atoms with Crippen LogP contribution < -0.4 is 19.6 Å². The predicted octanol–water partition coefficient (Wildman–Crippen LogP) is 2.94. The van der Waals surface area contributed by atoms with Gasteiger partial charge in [-0.05, 0) is 43.3 Å². The third kappa shape index (κ3) is 5.75. The average molecular weight is 472 g/mol. The Kier molecular flexibility index (Phi) is 8.14. The topological polar surface area (TPSA) is 120 Å². The third-order valence-corrected chi connectivity index (χ3v) is 5.59. The van der Waals surface area contributed by atoms with Crippen molar-refractivity contribution in [3.05, 3.63) is 42.0 Å². The Morgan fingerprint density at radius 3 is 2.36 bits per heavy atom. The molecular weight excluding hydrogens is 446 g/mol. The molecule has 0 aliphatic heterocycles. The molecule has 0 aliphatic rings. The first-order chi connectivity index (χ1) is 16.0. The highest BCUT2D eigenvalue weighted by Crippen LogP contribution is 2.36. The fraction of sp³-hybridized carbons (Fsp3) is 0.273. The lowest BCUT2D eigenvalue weighted by Gasteiger charge is -2.09. The van der Waals surface area contributed by atoms with Gasteiger partial charge in [0.05, 0.1) is 33.3 Å². The highest BCUT2D eigenvalue weighted by Gasteiger charge is 2.15. The molecular formula is C22H25N5O5S. The minimum Gasteiger partial charge on any atom is -0.502 e. The summed E-state index contributed by atoms with van der Waals surface area (Å²) >= 11 is 1.27. The van der Waals surface area contributed by atoms with Crippen LogP contribution in [0.25, 0.3) is 11.4 Å². The maximum absolute atomic E-state index is 12.2. The molecule has 33 heavy (non-hydrogen) atoms. The summed E-state index contributed by atoms with van der Waals surface area (Å²) in [5, 5.41) is 23.1. The Labute approximate surface area is 195 Å². The minimum atomic E-state index is -0.300. The quantitative estimate of drug-likeness (QED) is 0.263. The monoisotopic (exact) mass is 471 g/mol. The Balaban J connectivity index is 1.61. The maximum Gasteiger partial charge on any atom is 0.250 e. The summed E-state index contributed by atoms with van der Waals surface area (Å²) in [6.07, 6.45) is 1.43. The predicted molar refractivity (Wildman–Crippen MR) is 125 cm³/mol. The number of benzene rings is 2. The summed E-state index contributed by atoms with van der Waals surface area (Å²) in [6.45, 7) is 2.64. The van der Waals surface area contributed by atoms with Crippen LogP contribution in [0.15, 0.2) is 46.7 Å². The first-order valence-electron chi connectivity index (χ1n) is 9.98. The summed E-state index contributed by atoms with van der Waals surface area (Å²) in [5.41, 5.74) is 3.97. The van der Waals surface area contributed by atoms with Gasteiger partial charge in [0.1, 0.15) is 5.75 Å². The van der Waals surface area contributed by atoms with Gasteiger partial charge in [0.25, 0.3) is 5.91 Å². The molecule has 0 radical (unpaired) electrons. The van der Waals surface area contributed by atoms with Crippen LogP contribution in [0.2, 0.25) is 0 Å². The number of methoxy groups -OCH3 is 3. The molecule has 0 saturated carbocycles. The maximum atomic E-state index is 12.2. The lowest BCUT2D eigenvalue weighted by Crippen LogP contribution is -2.20. The fourth-order valence-corrected chi connectivity index (χ4v) is 3.76. The van der Waals surface area contributed by atoms with Gasteiger partial charge in [-0.3, -0.25) is 4.79 Å². The normalized spacial score (nSPS) is 10.9. The van der Waals surface area contributed by atoms with E-state index in [0.717, 1.165) is 17.1 Å². The van der Waals surface area contributed by atoms with Gasteiger partial charge in [-0.25, -0.2) is 5.43 Å². The number of carbonyl (C=O) groups is 1. The van der Waals surface area contributed by atoms with E-state index >= 15 is 0 Å². The van der Waals surface area contributed by atoms with Crippen LogP contribution in [0.1, 0.15) is 12.5 Å². The van der Waals surface area contributed by atoms with Gasteiger partial charge < -0.3 is 23.9 Å². The molecule has 1 aromatic heterocycles. The number of hydrogen-bond donors (Lipinski definition) is 2. The van der Waals surface area contributed by atoms with Gasteiger partial charge in [-0.1, -0.05) is 11.8 Å². The Bertz CT molecular complexity index is 1110. The van der Waals surface area contributed by atoms with Crippen LogP contribution in [0.3, 0.4) is 0 Å². The van der Waals surface area contributed by atoms with Crippen molar-refractivity contribution < 1.29 is 24.1 Å². The first-order valence-corrected chi connectivity index (χ1v) is 11.0. The van der Waals surface area contributed by atoms with Crippen molar-refractivity contribution in [3.63, 3.8) is 0 Å². The van der Waals surface area contributed by atoms with E-state index in [1.54, 1.807) is 19.2 Å². The SMILES string of the molecule is CCn1c(SCC(=O)N/N=C\c2cc(OC)c(O)c(OC)c2)nnc1-c1ccc(OC)cc1. The fourth-order valence-electron chi connectivity index (χ4n) is 2.96. The number of phenols is 1. The zero-order chi connectivity index (χ0) is 23.8. The van der Waals surface area contributed by atoms with Crippen molar-refractivity contribution in [3.8, 4) is 34.4 Å². The van der Waals surface area contributed by atoms with Crippen molar-refractivity contribution >= 4 is 23.9 Å². The van der Waals surface area contributed by atoms with E-state index in [1.807, 2.05) is 35.8 Å². The summed E-state index contributed by atoms with van der Waals surface area (Å²) < 4.78 is 17.3. The van der Waals surface area contributed by atoms with E-state index in [2.05, 4.69) is 20.7 Å². The summed E-state index contributed by atoms with van der Waals surface area (Å²) in [7, 11) is 4.48. The molecule has 10 nitrogen and oxygen atoms in total. The second-order valence-electron chi connectivity index (χ2n) is 6.63. The Morgan fingerprint density at radius 1 is 1.12 bits per heavy atom. The van der Waals surface area contributed by atoms with Crippen molar-refractivity contribution in [2.75, 3.05) is 27.1 Å². The third-order valence-electron chi connectivity index (χ3n) is 4.62. The van der Waals surface area contributed by atoms with E-state index in [4.69, 9.17) is 14.2 Å². The Hall–Kier alpha value is -3.73. The number of hydrogen-bond acceptors (Lipinski definition) is 9. The average Bonchev–Trinajstić information content (AvgIpc) is 3.26. The molecule has 0 spiro atoms. The first kappa shape index (κ1) is 23.9. The van der Waals surface area contributed by atoms with E-state index in [0.29, 0.717) is 17.3 Å². The number of thioether (sulfide) groups is 1. The van der Waals surface area contributed by atoms with Gasteiger partial charge in [0.15, 0.2) is 22.5 Å². The van der Waals surface area contributed by atoms with Crippen molar-refractivity contribution in [2.24, 2.45) is 5.10 Å². The van der Waals surface area contributed by atoms with Crippen LogP contribution in [-0.2, 0) is 11.3 Å². The zero-order valence-electron chi connectivity index (χ0n) is 18.7. The number of rotatable bonds is 10. The number of hydrazone groups is 1. The number of carbonyl (C=O) groups excluding carboxylic acids is 1. The van der Waals surface area contributed by atoms with Crippen molar-refractivity contribution in [1.82, 2.24) is 20.2 Å². The van der Waals surface area contributed by atoms with E-state index < -0.39 is 0 Å². The number of nitrogens with one attached hydrogen (secondary N) is 1. The molecule has 0 atom stereocenters. The molecule has 0 bridgehead atoms. The molecule has 0 fully saturated rings. The number of amides is 1. The smallest absolute Gasteiger partial charge is 0.250 e. The molecule has 2 N–H and O–H groups in total. The molecule has 2 aromatic carbocycles. The van der Waals surface area contributed by atoms with Gasteiger partial charge in [-0.15, -0.1) is 10.2 Å². The van der Waals surface area contributed by atoms with Crippen LogP contribution in [0, 0.1) is 0 Å². The van der Waals surface area contributed by atoms with Gasteiger partial charge in [0.2, 0.25) is 5.75 Å².